The highest BCUT2D eigenvalue weighted by Crippen LogP contribution is 2.23. The van der Waals surface area contributed by atoms with Gasteiger partial charge in [0.2, 0.25) is 0 Å². The maximum absolute atomic E-state index is 4.35. The van der Waals surface area contributed by atoms with E-state index in [1.807, 2.05) is 14.0 Å². The van der Waals surface area contributed by atoms with Gasteiger partial charge in [0.05, 0.1) is 0 Å². The van der Waals surface area contributed by atoms with Crippen LogP contribution < -0.4 is 10.2 Å². The molecule has 2 rings (SSSR count). The Morgan fingerprint density at radius 1 is 1.35 bits per heavy atom. The van der Waals surface area contributed by atoms with Crippen LogP contribution >= 0.6 is 0 Å². The number of rotatable bonds is 3. The number of aryl methyl sites for hydroxylation is 1. The fourth-order valence-corrected chi connectivity index (χ4v) is 2.48. The van der Waals surface area contributed by atoms with Crippen LogP contribution in [0.1, 0.15) is 25.5 Å². The number of piperidine rings is 1. The van der Waals surface area contributed by atoms with Crippen LogP contribution in [-0.4, -0.2) is 36.1 Å². The predicted octanol–water partition coefficient (Wildman–Crippen LogP) is 1.61. The van der Waals surface area contributed by atoms with Crippen LogP contribution in [0.4, 0.5) is 5.82 Å². The van der Waals surface area contributed by atoms with Crippen LogP contribution in [0.25, 0.3) is 0 Å². The summed E-state index contributed by atoms with van der Waals surface area (Å²) in [4.78, 5) is 10.9. The molecule has 1 aliphatic heterocycles. The third kappa shape index (κ3) is 2.94. The van der Waals surface area contributed by atoms with E-state index in [4.69, 9.17) is 0 Å². The van der Waals surface area contributed by atoms with E-state index in [1.165, 1.54) is 12.8 Å². The largest absolute Gasteiger partial charge is 0.356 e. The molecule has 2 heterocycles. The second-order valence-corrected chi connectivity index (χ2v) is 4.92. The lowest BCUT2D eigenvalue weighted by Gasteiger charge is -2.35. The molecule has 1 atom stereocenters. The third-order valence-corrected chi connectivity index (χ3v) is 3.82. The smallest absolute Gasteiger partial charge is 0.132 e. The summed E-state index contributed by atoms with van der Waals surface area (Å²) in [7, 11) is 2.05. The van der Waals surface area contributed by atoms with Crippen LogP contribution in [0, 0.1) is 12.8 Å². The molecule has 1 aromatic rings. The Hall–Kier alpha value is -1.16. The van der Waals surface area contributed by atoms with Gasteiger partial charge in [-0.25, -0.2) is 9.97 Å². The molecule has 94 valence electrons. The average Bonchev–Trinajstić information content (AvgIpc) is 2.38. The van der Waals surface area contributed by atoms with Crippen molar-refractivity contribution in [2.24, 2.45) is 5.92 Å². The SMILES string of the molecule is CNC(C)C1CCN(c2cc(C)ncn2)CC1. The topological polar surface area (TPSA) is 41.0 Å². The Morgan fingerprint density at radius 2 is 2.06 bits per heavy atom. The second kappa shape index (κ2) is 5.45. The van der Waals surface area contributed by atoms with Crippen molar-refractivity contribution < 1.29 is 0 Å². The van der Waals surface area contributed by atoms with E-state index < -0.39 is 0 Å². The molecule has 0 aromatic carbocycles. The van der Waals surface area contributed by atoms with Crippen LogP contribution in [0.3, 0.4) is 0 Å². The fourth-order valence-electron chi connectivity index (χ4n) is 2.48. The Morgan fingerprint density at radius 3 is 2.65 bits per heavy atom. The Balaban J connectivity index is 1.95. The number of anilines is 1. The van der Waals surface area contributed by atoms with Crippen molar-refractivity contribution in [1.29, 1.82) is 0 Å². The predicted molar refractivity (Wildman–Crippen MR) is 70.2 cm³/mol. The molecule has 0 aliphatic carbocycles. The van der Waals surface area contributed by atoms with Crippen molar-refractivity contribution in [1.82, 2.24) is 15.3 Å². The van der Waals surface area contributed by atoms with Gasteiger partial charge in [-0.3, -0.25) is 0 Å². The van der Waals surface area contributed by atoms with Gasteiger partial charge in [0.15, 0.2) is 0 Å². The molecule has 17 heavy (non-hydrogen) atoms. The van der Waals surface area contributed by atoms with Crippen LogP contribution in [0.2, 0.25) is 0 Å². The minimum Gasteiger partial charge on any atom is -0.356 e. The van der Waals surface area contributed by atoms with Gasteiger partial charge in [-0.05, 0) is 39.7 Å². The van der Waals surface area contributed by atoms with Gasteiger partial charge in [-0.2, -0.15) is 0 Å². The quantitative estimate of drug-likeness (QED) is 0.862. The fraction of sp³-hybridized carbons (Fsp3) is 0.692. The summed E-state index contributed by atoms with van der Waals surface area (Å²) in [6, 6.07) is 2.69. The minimum absolute atomic E-state index is 0.615. The Labute approximate surface area is 103 Å². The molecule has 4 heteroatoms. The number of aromatic nitrogens is 2. The van der Waals surface area contributed by atoms with E-state index in [0.29, 0.717) is 6.04 Å². The van der Waals surface area contributed by atoms with Crippen molar-refractivity contribution in [3.05, 3.63) is 18.1 Å². The number of nitrogens with zero attached hydrogens (tertiary/aromatic N) is 3. The first-order valence-corrected chi connectivity index (χ1v) is 6.41. The zero-order chi connectivity index (χ0) is 12.3. The molecule has 0 spiro atoms. The molecule has 1 N–H and O–H groups in total. The molecule has 1 unspecified atom stereocenters. The molecule has 1 fully saturated rings. The van der Waals surface area contributed by atoms with Gasteiger partial charge in [-0.15, -0.1) is 0 Å². The zero-order valence-corrected chi connectivity index (χ0v) is 11.0. The van der Waals surface area contributed by atoms with Crippen molar-refractivity contribution >= 4 is 5.82 Å². The van der Waals surface area contributed by atoms with E-state index in [9.17, 15) is 0 Å². The molecule has 1 saturated heterocycles. The lowest BCUT2D eigenvalue weighted by molar-refractivity contribution is 0.323. The summed E-state index contributed by atoms with van der Waals surface area (Å²) in [5.74, 6) is 1.87. The number of hydrogen-bond acceptors (Lipinski definition) is 4. The van der Waals surface area contributed by atoms with Gasteiger partial charge in [-0.1, -0.05) is 0 Å². The second-order valence-electron chi connectivity index (χ2n) is 4.92. The van der Waals surface area contributed by atoms with Crippen LogP contribution in [-0.2, 0) is 0 Å². The van der Waals surface area contributed by atoms with Gasteiger partial charge in [0.1, 0.15) is 12.1 Å². The maximum Gasteiger partial charge on any atom is 0.132 e. The van der Waals surface area contributed by atoms with E-state index >= 15 is 0 Å². The molecule has 0 radical (unpaired) electrons. The lowest BCUT2D eigenvalue weighted by atomic mass is 9.90. The zero-order valence-electron chi connectivity index (χ0n) is 11.0. The Bertz CT molecular complexity index is 358. The molecule has 0 bridgehead atoms. The summed E-state index contributed by atoms with van der Waals surface area (Å²) in [5.41, 5.74) is 1.04. The minimum atomic E-state index is 0.615. The summed E-state index contributed by atoms with van der Waals surface area (Å²) < 4.78 is 0. The van der Waals surface area contributed by atoms with E-state index in [2.05, 4.69) is 33.2 Å². The molecule has 4 nitrogen and oxygen atoms in total. The van der Waals surface area contributed by atoms with Crippen molar-refractivity contribution in [2.75, 3.05) is 25.0 Å². The van der Waals surface area contributed by atoms with Gasteiger partial charge in [0.25, 0.3) is 0 Å². The molecular formula is C13H22N4. The lowest BCUT2D eigenvalue weighted by Crippen LogP contribution is -2.41. The van der Waals surface area contributed by atoms with E-state index in [0.717, 1.165) is 30.5 Å². The highest BCUT2D eigenvalue weighted by molar-refractivity contribution is 5.39. The first kappa shape index (κ1) is 12.3. The molecule has 0 amide bonds. The first-order chi connectivity index (χ1) is 8.20. The number of nitrogens with one attached hydrogen (secondary N) is 1. The molecule has 1 aliphatic rings. The average molecular weight is 234 g/mol. The van der Waals surface area contributed by atoms with E-state index in [-0.39, 0.29) is 0 Å². The van der Waals surface area contributed by atoms with Crippen LogP contribution in [0.15, 0.2) is 12.4 Å². The van der Waals surface area contributed by atoms with Crippen LogP contribution in [0.5, 0.6) is 0 Å². The van der Waals surface area contributed by atoms with E-state index in [1.54, 1.807) is 6.33 Å². The summed E-state index contributed by atoms with van der Waals surface area (Å²) in [6.45, 7) is 6.50. The normalized spacial score (nSPS) is 19.4. The van der Waals surface area contributed by atoms with Gasteiger partial charge < -0.3 is 10.2 Å². The molecular weight excluding hydrogens is 212 g/mol. The van der Waals surface area contributed by atoms with Crippen molar-refractivity contribution in [2.45, 2.75) is 32.7 Å². The highest BCUT2D eigenvalue weighted by atomic mass is 15.2. The Kier molecular flexibility index (Phi) is 3.94. The summed E-state index contributed by atoms with van der Waals surface area (Å²) in [5, 5.41) is 3.35. The van der Waals surface area contributed by atoms with Gasteiger partial charge >= 0.3 is 0 Å². The maximum atomic E-state index is 4.35. The molecule has 1 aromatic heterocycles. The van der Waals surface area contributed by atoms with Gasteiger partial charge in [0, 0.05) is 30.9 Å². The van der Waals surface area contributed by atoms with Crippen molar-refractivity contribution in [3.8, 4) is 0 Å². The third-order valence-electron chi connectivity index (χ3n) is 3.82. The standard InChI is InChI=1S/C13H22N4/c1-10-8-13(16-9-15-10)17-6-4-12(5-7-17)11(2)14-3/h8-9,11-12,14H,4-7H2,1-3H3. The summed E-state index contributed by atoms with van der Waals surface area (Å²) >= 11 is 0. The highest BCUT2D eigenvalue weighted by Gasteiger charge is 2.23. The number of hydrogen-bond donors (Lipinski definition) is 1. The van der Waals surface area contributed by atoms with Crippen molar-refractivity contribution in [3.63, 3.8) is 0 Å². The monoisotopic (exact) mass is 234 g/mol. The molecule has 0 saturated carbocycles. The summed E-state index contributed by atoms with van der Waals surface area (Å²) in [6.07, 6.45) is 4.14. The first-order valence-electron chi connectivity index (χ1n) is 6.41.